The van der Waals surface area contributed by atoms with Crippen molar-refractivity contribution in [2.45, 2.75) is 90.4 Å². The summed E-state index contributed by atoms with van der Waals surface area (Å²) in [4.78, 5) is 12.4. The van der Waals surface area contributed by atoms with Crippen LogP contribution < -0.4 is 0 Å². The van der Waals surface area contributed by atoms with Gasteiger partial charge in [-0.05, 0) is 81.8 Å². The van der Waals surface area contributed by atoms with Gasteiger partial charge in [0.15, 0.2) is 0 Å². The number of rotatable bonds is 5. The van der Waals surface area contributed by atoms with E-state index in [2.05, 4.69) is 6.92 Å². The van der Waals surface area contributed by atoms with Crippen molar-refractivity contribution in [3.8, 4) is 0 Å². The quantitative estimate of drug-likeness (QED) is 0.811. The average molecular weight is 298 g/mol. The van der Waals surface area contributed by atoms with E-state index in [1.165, 1.54) is 0 Å². The Morgan fingerprint density at radius 3 is 2.76 bits per heavy atom. The van der Waals surface area contributed by atoms with Gasteiger partial charge in [0.05, 0.1) is 5.60 Å². The summed E-state index contributed by atoms with van der Waals surface area (Å²) < 4.78 is 45.1. The maximum absolute atomic E-state index is 12.4. The van der Waals surface area contributed by atoms with Crippen molar-refractivity contribution in [1.82, 2.24) is 0 Å². The second-order valence-electron chi connectivity index (χ2n) is 8.08. The first-order valence-electron chi connectivity index (χ1n) is 11.5. The molecule has 0 amide bonds. The van der Waals surface area contributed by atoms with Crippen molar-refractivity contribution < 1.29 is 18.1 Å². The number of fused-ring (bicyclic) bond motifs is 1. The molecule has 2 heteroatoms. The van der Waals surface area contributed by atoms with Crippen molar-refractivity contribution in [3.05, 3.63) is 0 Å². The molecule has 0 heterocycles. The van der Waals surface area contributed by atoms with Gasteiger partial charge < -0.3 is 5.11 Å². The van der Waals surface area contributed by atoms with Crippen LogP contribution >= 0.6 is 0 Å². The number of Topliss-reactive ketones (excluding diaryl/α,β-unsaturated/α-hetero) is 1. The molecule has 1 N–H and O–H groups in total. The third-order valence-electron chi connectivity index (χ3n) is 6.71. The number of carbonyl (C=O) groups excluding carboxylic acids is 1. The van der Waals surface area contributed by atoms with E-state index in [1.807, 2.05) is 0 Å². The zero-order chi connectivity index (χ0) is 20.3. The summed E-state index contributed by atoms with van der Waals surface area (Å²) in [5.41, 5.74) is -2.51. The molecular weight excluding hydrogens is 260 g/mol. The van der Waals surface area contributed by atoms with Crippen LogP contribution in [0.2, 0.25) is 0 Å². The Labute approximate surface area is 138 Å². The maximum atomic E-state index is 12.4. The molecule has 0 saturated heterocycles. The number of carbonyl (C=O) groups is 1. The van der Waals surface area contributed by atoms with Crippen LogP contribution in [0.25, 0.3) is 0 Å². The van der Waals surface area contributed by atoms with E-state index in [9.17, 15) is 9.90 Å². The van der Waals surface area contributed by atoms with Gasteiger partial charge in [-0.2, -0.15) is 0 Å². The van der Waals surface area contributed by atoms with Crippen LogP contribution in [0.1, 0.15) is 93.1 Å². The zero-order valence-corrected chi connectivity index (χ0v) is 13.1. The normalized spacial score (nSPS) is 43.8. The zero-order valence-electron chi connectivity index (χ0n) is 19.1. The molecule has 0 unspecified atom stereocenters. The lowest BCUT2D eigenvalue weighted by Gasteiger charge is -2.43. The molecule has 3 aliphatic rings. The highest BCUT2D eigenvalue weighted by atomic mass is 16.3. The van der Waals surface area contributed by atoms with Gasteiger partial charge >= 0.3 is 0 Å². The molecule has 0 aromatic rings. The summed E-state index contributed by atoms with van der Waals surface area (Å²) in [7, 11) is 0. The number of hydrogen-bond acceptors (Lipinski definition) is 2. The second kappa shape index (κ2) is 5.08. The Hall–Kier alpha value is -0.370. The van der Waals surface area contributed by atoms with Crippen LogP contribution in [0.4, 0.5) is 0 Å². The van der Waals surface area contributed by atoms with E-state index in [0.29, 0.717) is 24.5 Å². The highest BCUT2D eigenvalue weighted by Gasteiger charge is 2.61. The van der Waals surface area contributed by atoms with E-state index in [4.69, 9.17) is 8.22 Å². The number of ketones is 1. The lowest BCUT2D eigenvalue weighted by Crippen LogP contribution is -2.40. The second-order valence-corrected chi connectivity index (χ2v) is 8.08. The molecule has 2 nitrogen and oxygen atoms in total. The molecule has 3 rings (SSSR count). The highest BCUT2D eigenvalue weighted by Crippen LogP contribution is 2.68. The Morgan fingerprint density at radius 2 is 2.10 bits per heavy atom. The van der Waals surface area contributed by atoms with Gasteiger partial charge in [-0.1, -0.05) is 13.3 Å². The third kappa shape index (κ3) is 2.81. The van der Waals surface area contributed by atoms with Crippen LogP contribution in [0, 0.1) is 22.7 Å². The number of hydrogen-bond donors (Lipinski definition) is 1. The number of aliphatic hydroxyl groups is 1. The first-order chi connectivity index (χ1) is 12.3. The van der Waals surface area contributed by atoms with Gasteiger partial charge in [-0.15, -0.1) is 0 Å². The van der Waals surface area contributed by atoms with E-state index in [1.54, 1.807) is 0 Å². The fourth-order valence-corrected chi connectivity index (χ4v) is 5.57. The summed E-state index contributed by atoms with van der Waals surface area (Å²) in [6.45, 7) is -3.61. The van der Waals surface area contributed by atoms with Crippen molar-refractivity contribution in [1.29, 1.82) is 0 Å². The van der Waals surface area contributed by atoms with Crippen LogP contribution in [-0.2, 0) is 4.79 Å². The first kappa shape index (κ1) is 9.70. The average Bonchev–Trinajstić information content (AvgIpc) is 3.19. The van der Waals surface area contributed by atoms with Crippen LogP contribution in [-0.4, -0.2) is 16.5 Å². The predicted octanol–water partition coefficient (Wildman–Crippen LogP) is 4.49. The third-order valence-corrected chi connectivity index (χ3v) is 6.71. The molecule has 0 radical (unpaired) electrons. The monoisotopic (exact) mass is 298 g/mol. The molecule has 3 fully saturated rings. The van der Waals surface area contributed by atoms with E-state index in [-0.39, 0.29) is 23.2 Å². The Morgan fingerprint density at radius 1 is 1.33 bits per heavy atom. The van der Waals surface area contributed by atoms with Crippen LogP contribution in [0.5, 0.6) is 0 Å². The van der Waals surface area contributed by atoms with Crippen molar-refractivity contribution in [3.63, 3.8) is 0 Å². The minimum Gasteiger partial charge on any atom is -0.390 e. The van der Waals surface area contributed by atoms with E-state index in [0.717, 1.165) is 44.9 Å². The largest absolute Gasteiger partial charge is 0.390 e. The molecule has 0 aromatic heterocycles. The van der Waals surface area contributed by atoms with Gasteiger partial charge in [0.25, 0.3) is 0 Å². The van der Waals surface area contributed by atoms with E-state index < -0.39 is 19.3 Å². The minimum absolute atomic E-state index is 0.0379. The van der Waals surface area contributed by atoms with Crippen molar-refractivity contribution in [2.24, 2.45) is 22.7 Å². The standard InChI is InChI=1S/C19H32O2/c1-17(2,21)9-5-11-19(12-13-19)16-8-7-14-15(20)6-4-10-18(14,16)3/h14,16,21H,4-13H2,1-3H3/t14-,16-,18-/m0/s1/i1D3,2D3. The summed E-state index contributed by atoms with van der Waals surface area (Å²) >= 11 is 0. The Kier molecular flexibility index (Phi) is 2.35. The van der Waals surface area contributed by atoms with Crippen LogP contribution in [0.3, 0.4) is 0 Å². The topological polar surface area (TPSA) is 37.3 Å². The summed E-state index contributed by atoms with van der Waals surface area (Å²) in [5, 5.41) is 10.5. The van der Waals surface area contributed by atoms with E-state index >= 15 is 0 Å². The molecule has 3 atom stereocenters. The van der Waals surface area contributed by atoms with Gasteiger partial charge in [0.1, 0.15) is 5.78 Å². The van der Waals surface area contributed by atoms with Crippen molar-refractivity contribution >= 4 is 5.78 Å². The lowest BCUT2D eigenvalue weighted by molar-refractivity contribution is -0.130. The summed E-state index contributed by atoms with van der Waals surface area (Å²) in [5.74, 6) is 1.02. The molecule has 0 aliphatic heterocycles. The first-order valence-corrected chi connectivity index (χ1v) is 8.52. The molecular formula is C19H32O2. The fourth-order valence-electron chi connectivity index (χ4n) is 5.57. The highest BCUT2D eigenvalue weighted by molar-refractivity contribution is 5.83. The van der Waals surface area contributed by atoms with Gasteiger partial charge in [0.2, 0.25) is 0 Å². The summed E-state index contributed by atoms with van der Waals surface area (Å²) in [6, 6.07) is 0. The smallest absolute Gasteiger partial charge is 0.136 e. The SMILES string of the molecule is [2H]C([2H])([2H])C(O)(CCCC1([C@H]2CC[C@H]3C(=O)CCC[C@]23C)CC1)C([2H])([2H])[2H]. The fraction of sp³-hybridized carbons (Fsp3) is 0.947. The Balaban J connectivity index is 1.69. The Bertz CT molecular complexity index is 578. The van der Waals surface area contributed by atoms with Gasteiger partial charge in [-0.3, -0.25) is 4.79 Å². The van der Waals surface area contributed by atoms with Crippen LogP contribution in [0.15, 0.2) is 0 Å². The lowest BCUT2D eigenvalue weighted by atomic mass is 9.60. The minimum atomic E-state index is -2.94. The van der Waals surface area contributed by atoms with Gasteiger partial charge in [-0.25, -0.2) is 0 Å². The molecule has 3 saturated carbocycles. The molecule has 0 spiro atoms. The molecule has 0 bridgehead atoms. The predicted molar refractivity (Wildman–Crippen MR) is 85.0 cm³/mol. The summed E-state index contributed by atoms with van der Waals surface area (Å²) in [6.07, 6.45) is 7.73. The molecule has 120 valence electrons. The molecule has 0 aromatic carbocycles. The molecule has 3 aliphatic carbocycles. The van der Waals surface area contributed by atoms with Gasteiger partial charge in [0, 0.05) is 20.6 Å². The molecule has 21 heavy (non-hydrogen) atoms. The maximum Gasteiger partial charge on any atom is 0.136 e. The van der Waals surface area contributed by atoms with Crippen molar-refractivity contribution in [2.75, 3.05) is 0 Å².